The van der Waals surface area contributed by atoms with E-state index in [0.717, 1.165) is 19.4 Å². The number of nitrogens with one attached hydrogen (secondary N) is 3. The molecular weight excluding hydrogens is 294 g/mol. The van der Waals surface area contributed by atoms with Crippen LogP contribution in [-0.4, -0.2) is 31.5 Å². The minimum Gasteiger partial charge on any atom is -0.494 e. The first-order valence-electron chi connectivity index (χ1n) is 7.83. The SMILES string of the molecule is COc1cc(NC(=O)C2NCCCC2(C)C)ccc1NC(C)=O. The number of hydrogen-bond donors (Lipinski definition) is 3. The average Bonchev–Trinajstić information content (AvgIpc) is 2.47. The van der Waals surface area contributed by atoms with Gasteiger partial charge in [0.05, 0.1) is 18.8 Å². The van der Waals surface area contributed by atoms with Crippen molar-refractivity contribution in [2.24, 2.45) is 5.41 Å². The third-order valence-corrected chi connectivity index (χ3v) is 4.17. The summed E-state index contributed by atoms with van der Waals surface area (Å²) in [5, 5.41) is 8.92. The summed E-state index contributed by atoms with van der Waals surface area (Å²) >= 11 is 0. The first kappa shape index (κ1) is 17.3. The summed E-state index contributed by atoms with van der Waals surface area (Å²) in [4.78, 5) is 23.7. The monoisotopic (exact) mass is 319 g/mol. The largest absolute Gasteiger partial charge is 0.494 e. The molecule has 126 valence electrons. The van der Waals surface area contributed by atoms with Crippen LogP contribution in [0.3, 0.4) is 0 Å². The van der Waals surface area contributed by atoms with Gasteiger partial charge in [-0.2, -0.15) is 0 Å². The maximum absolute atomic E-state index is 12.6. The van der Waals surface area contributed by atoms with Crippen molar-refractivity contribution in [1.29, 1.82) is 0 Å². The Labute approximate surface area is 137 Å². The number of carbonyl (C=O) groups excluding carboxylic acids is 2. The zero-order chi connectivity index (χ0) is 17.0. The Morgan fingerprint density at radius 3 is 2.65 bits per heavy atom. The molecule has 1 aromatic rings. The van der Waals surface area contributed by atoms with Crippen molar-refractivity contribution in [3.63, 3.8) is 0 Å². The summed E-state index contributed by atoms with van der Waals surface area (Å²) < 4.78 is 5.27. The fourth-order valence-electron chi connectivity index (χ4n) is 2.93. The second-order valence-corrected chi connectivity index (χ2v) is 6.56. The van der Waals surface area contributed by atoms with Crippen LogP contribution in [0.2, 0.25) is 0 Å². The summed E-state index contributed by atoms with van der Waals surface area (Å²) in [6.45, 7) is 6.49. The van der Waals surface area contributed by atoms with Gasteiger partial charge in [-0.25, -0.2) is 0 Å². The van der Waals surface area contributed by atoms with E-state index in [9.17, 15) is 9.59 Å². The third kappa shape index (κ3) is 4.22. The molecule has 23 heavy (non-hydrogen) atoms. The number of benzene rings is 1. The summed E-state index contributed by atoms with van der Waals surface area (Å²) in [7, 11) is 1.53. The van der Waals surface area contributed by atoms with Gasteiger partial charge in [0, 0.05) is 18.7 Å². The maximum atomic E-state index is 12.6. The molecule has 0 spiro atoms. The fourth-order valence-corrected chi connectivity index (χ4v) is 2.93. The Morgan fingerprint density at radius 1 is 1.30 bits per heavy atom. The van der Waals surface area contributed by atoms with Gasteiger partial charge in [0.15, 0.2) is 0 Å². The Morgan fingerprint density at radius 2 is 2.04 bits per heavy atom. The predicted molar refractivity (Wildman–Crippen MR) is 90.7 cm³/mol. The molecule has 1 aliphatic heterocycles. The molecule has 1 aliphatic rings. The molecule has 0 radical (unpaired) electrons. The van der Waals surface area contributed by atoms with Crippen molar-refractivity contribution in [2.45, 2.75) is 39.7 Å². The quantitative estimate of drug-likeness (QED) is 0.796. The van der Waals surface area contributed by atoms with Crippen LogP contribution in [0.5, 0.6) is 5.75 Å². The van der Waals surface area contributed by atoms with Crippen LogP contribution >= 0.6 is 0 Å². The standard InChI is InChI=1S/C17H25N3O3/c1-11(21)19-13-7-6-12(10-14(13)23-4)20-16(22)15-17(2,3)8-5-9-18-15/h6-7,10,15,18H,5,8-9H2,1-4H3,(H,19,21)(H,20,22). The number of ether oxygens (including phenoxy) is 1. The molecule has 0 aromatic heterocycles. The van der Waals surface area contributed by atoms with Gasteiger partial charge < -0.3 is 20.7 Å². The first-order valence-corrected chi connectivity index (χ1v) is 7.83. The number of methoxy groups -OCH3 is 1. The maximum Gasteiger partial charge on any atom is 0.242 e. The molecule has 0 saturated carbocycles. The lowest BCUT2D eigenvalue weighted by molar-refractivity contribution is -0.121. The zero-order valence-corrected chi connectivity index (χ0v) is 14.2. The molecule has 1 saturated heterocycles. The molecule has 0 aliphatic carbocycles. The second kappa shape index (κ2) is 7.00. The molecular formula is C17H25N3O3. The van der Waals surface area contributed by atoms with Gasteiger partial charge >= 0.3 is 0 Å². The Kier molecular flexibility index (Phi) is 5.26. The van der Waals surface area contributed by atoms with Crippen LogP contribution < -0.4 is 20.7 Å². The molecule has 3 N–H and O–H groups in total. The minimum absolute atomic E-state index is 0.0518. The number of piperidine rings is 1. The molecule has 1 atom stereocenters. The van der Waals surface area contributed by atoms with Gasteiger partial charge in [0.1, 0.15) is 5.75 Å². The highest BCUT2D eigenvalue weighted by atomic mass is 16.5. The van der Waals surface area contributed by atoms with Crippen LogP contribution in [0.25, 0.3) is 0 Å². The van der Waals surface area contributed by atoms with Crippen LogP contribution in [0, 0.1) is 5.41 Å². The van der Waals surface area contributed by atoms with Crippen LogP contribution in [-0.2, 0) is 9.59 Å². The van der Waals surface area contributed by atoms with Crippen LogP contribution in [0.1, 0.15) is 33.6 Å². The third-order valence-electron chi connectivity index (χ3n) is 4.17. The molecule has 6 heteroatoms. The second-order valence-electron chi connectivity index (χ2n) is 6.56. The van der Waals surface area contributed by atoms with E-state index < -0.39 is 0 Å². The Hall–Kier alpha value is -2.08. The topological polar surface area (TPSA) is 79.5 Å². The summed E-state index contributed by atoms with van der Waals surface area (Å²) in [6.07, 6.45) is 2.10. The molecule has 1 heterocycles. The Bertz CT molecular complexity index is 599. The van der Waals surface area contributed by atoms with Gasteiger partial charge in [-0.1, -0.05) is 13.8 Å². The summed E-state index contributed by atoms with van der Waals surface area (Å²) in [5.74, 6) is 0.283. The number of hydrogen-bond acceptors (Lipinski definition) is 4. The smallest absolute Gasteiger partial charge is 0.242 e. The van der Waals surface area contributed by atoms with Crippen molar-refractivity contribution in [2.75, 3.05) is 24.3 Å². The lowest BCUT2D eigenvalue weighted by Crippen LogP contribution is -2.53. The number of rotatable bonds is 4. The molecule has 6 nitrogen and oxygen atoms in total. The minimum atomic E-state index is -0.225. The lowest BCUT2D eigenvalue weighted by atomic mass is 9.77. The van der Waals surface area contributed by atoms with Crippen molar-refractivity contribution in [3.05, 3.63) is 18.2 Å². The van der Waals surface area contributed by atoms with Gasteiger partial charge in [0.25, 0.3) is 0 Å². The van der Waals surface area contributed by atoms with Crippen molar-refractivity contribution >= 4 is 23.2 Å². The molecule has 0 bridgehead atoms. The van der Waals surface area contributed by atoms with E-state index in [-0.39, 0.29) is 23.3 Å². The summed E-state index contributed by atoms with van der Waals surface area (Å²) in [5.41, 5.74) is 1.14. The number of amides is 2. The van der Waals surface area contributed by atoms with Crippen molar-refractivity contribution in [1.82, 2.24) is 5.32 Å². The normalized spacial score (nSPS) is 19.7. The van der Waals surface area contributed by atoms with Gasteiger partial charge in [-0.3, -0.25) is 9.59 Å². The zero-order valence-electron chi connectivity index (χ0n) is 14.2. The molecule has 2 amide bonds. The molecule has 1 unspecified atom stereocenters. The highest BCUT2D eigenvalue weighted by molar-refractivity contribution is 5.96. The molecule has 2 rings (SSSR count). The van der Waals surface area contributed by atoms with Crippen LogP contribution in [0.4, 0.5) is 11.4 Å². The fraction of sp³-hybridized carbons (Fsp3) is 0.529. The van der Waals surface area contributed by atoms with Gasteiger partial charge in [0.2, 0.25) is 11.8 Å². The first-order chi connectivity index (χ1) is 10.8. The van der Waals surface area contributed by atoms with E-state index >= 15 is 0 Å². The van der Waals surface area contributed by atoms with Gasteiger partial charge in [-0.05, 0) is 36.9 Å². The number of anilines is 2. The van der Waals surface area contributed by atoms with Crippen molar-refractivity contribution in [3.8, 4) is 5.75 Å². The molecule has 1 aromatic carbocycles. The lowest BCUT2D eigenvalue weighted by Gasteiger charge is -2.38. The van der Waals surface area contributed by atoms with E-state index in [1.807, 2.05) is 0 Å². The van der Waals surface area contributed by atoms with E-state index in [4.69, 9.17) is 4.74 Å². The number of carbonyl (C=O) groups is 2. The average molecular weight is 319 g/mol. The highest BCUT2D eigenvalue weighted by Gasteiger charge is 2.37. The van der Waals surface area contributed by atoms with E-state index in [1.165, 1.54) is 14.0 Å². The molecule has 1 fully saturated rings. The van der Waals surface area contributed by atoms with Crippen LogP contribution in [0.15, 0.2) is 18.2 Å². The van der Waals surface area contributed by atoms with E-state index in [0.29, 0.717) is 17.1 Å². The highest BCUT2D eigenvalue weighted by Crippen LogP contribution is 2.32. The van der Waals surface area contributed by atoms with Gasteiger partial charge in [-0.15, -0.1) is 0 Å². The summed E-state index contributed by atoms with van der Waals surface area (Å²) in [6, 6.07) is 4.95. The van der Waals surface area contributed by atoms with E-state index in [2.05, 4.69) is 29.8 Å². The predicted octanol–water partition coefficient (Wildman–Crippen LogP) is 2.37. The Balaban J connectivity index is 2.13. The van der Waals surface area contributed by atoms with Crippen molar-refractivity contribution < 1.29 is 14.3 Å². The van der Waals surface area contributed by atoms with E-state index in [1.54, 1.807) is 18.2 Å².